The molecule has 0 saturated carbocycles. The Hall–Kier alpha value is -3.38. The molecule has 0 amide bonds. The summed E-state index contributed by atoms with van der Waals surface area (Å²) in [6.45, 7) is 3.36. The molecule has 7 heteroatoms. The number of aliphatic carboxylic acids is 1. The number of carboxylic acids is 1. The number of carbonyl (C=O) groups excluding carboxylic acids is 1. The van der Waals surface area contributed by atoms with Crippen LogP contribution in [0.3, 0.4) is 0 Å². The fourth-order valence-electron chi connectivity index (χ4n) is 3.81. The monoisotopic (exact) mass is 453 g/mol. The van der Waals surface area contributed by atoms with Gasteiger partial charge in [0, 0.05) is 22.3 Å². The summed E-state index contributed by atoms with van der Waals surface area (Å²) >= 11 is 6.15. The molecular formula is C25H24ClNO5. The second-order valence-corrected chi connectivity index (χ2v) is 7.81. The van der Waals surface area contributed by atoms with Gasteiger partial charge in [-0.15, -0.1) is 0 Å². The molecule has 2 unspecified atom stereocenters. The Balaban J connectivity index is 1.85. The van der Waals surface area contributed by atoms with Crippen LogP contribution < -0.4 is 4.74 Å². The molecule has 2 aromatic rings. The lowest BCUT2D eigenvalue weighted by Gasteiger charge is -2.30. The first-order chi connectivity index (χ1) is 15.3. The summed E-state index contributed by atoms with van der Waals surface area (Å²) in [5.74, 6) is -2.69. The maximum atomic E-state index is 13.0. The molecule has 1 heterocycles. The second-order valence-electron chi connectivity index (χ2n) is 7.38. The number of allylic oxidation sites excluding steroid dienone is 1. The first kappa shape index (κ1) is 23.3. The zero-order valence-electron chi connectivity index (χ0n) is 18.0. The minimum Gasteiger partial charge on any atom is -0.497 e. The Morgan fingerprint density at radius 1 is 1.16 bits per heavy atom. The maximum absolute atomic E-state index is 13.0. The first-order valence-electron chi connectivity index (χ1n) is 10.0. The van der Waals surface area contributed by atoms with Gasteiger partial charge in [0.2, 0.25) is 0 Å². The van der Waals surface area contributed by atoms with Crippen molar-refractivity contribution in [1.82, 2.24) is 0 Å². The van der Waals surface area contributed by atoms with Gasteiger partial charge in [-0.3, -0.25) is 9.79 Å². The van der Waals surface area contributed by atoms with Crippen LogP contribution in [-0.4, -0.2) is 36.5 Å². The van der Waals surface area contributed by atoms with E-state index in [9.17, 15) is 14.7 Å². The summed E-state index contributed by atoms with van der Waals surface area (Å²) in [5.41, 5.74) is 2.61. The van der Waals surface area contributed by atoms with Crippen LogP contribution in [0.5, 0.6) is 5.75 Å². The number of benzene rings is 2. The Morgan fingerprint density at radius 2 is 1.91 bits per heavy atom. The van der Waals surface area contributed by atoms with Crippen LogP contribution in [0, 0.1) is 5.92 Å². The largest absolute Gasteiger partial charge is 0.497 e. The van der Waals surface area contributed by atoms with E-state index in [1.807, 2.05) is 30.3 Å². The molecule has 6 nitrogen and oxygen atoms in total. The molecule has 32 heavy (non-hydrogen) atoms. The zero-order valence-corrected chi connectivity index (χ0v) is 18.8. The van der Waals surface area contributed by atoms with Crippen LogP contribution in [0.25, 0.3) is 6.08 Å². The van der Waals surface area contributed by atoms with Crippen molar-refractivity contribution >= 4 is 35.3 Å². The van der Waals surface area contributed by atoms with Crippen molar-refractivity contribution in [3.05, 3.63) is 82.0 Å². The van der Waals surface area contributed by atoms with Gasteiger partial charge in [-0.25, -0.2) is 4.79 Å². The van der Waals surface area contributed by atoms with Gasteiger partial charge in [-0.1, -0.05) is 41.9 Å². The topological polar surface area (TPSA) is 85.2 Å². The summed E-state index contributed by atoms with van der Waals surface area (Å²) < 4.78 is 10.7. The zero-order chi connectivity index (χ0) is 23.3. The van der Waals surface area contributed by atoms with E-state index >= 15 is 0 Å². The Bertz CT molecular complexity index is 1120. The van der Waals surface area contributed by atoms with E-state index in [0.717, 1.165) is 11.3 Å². The number of aliphatic imine (C=N–C) groups is 1. The maximum Gasteiger partial charge on any atom is 0.336 e. The number of methoxy groups -OCH3 is 1. The molecule has 0 saturated heterocycles. The fraction of sp³-hybridized carbons (Fsp3) is 0.240. The van der Waals surface area contributed by atoms with Crippen molar-refractivity contribution in [3.63, 3.8) is 0 Å². The second kappa shape index (κ2) is 10.3. The van der Waals surface area contributed by atoms with E-state index in [2.05, 4.69) is 4.99 Å². The molecule has 0 bridgehead atoms. The Kier molecular flexibility index (Phi) is 7.49. The summed E-state index contributed by atoms with van der Waals surface area (Å²) in [7, 11) is 1.59. The van der Waals surface area contributed by atoms with Crippen LogP contribution >= 0.6 is 11.6 Å². The number of hydrogen-bond donors (Lipinski definition) is 1. The summed E-state index contributed by atoms with van der Waals surface area (Å²) in [6.07, 6.45) is 3.53. The van der Waals surface area contributed by atoms with Crippen LogP contribution in [0.15, 0.2) is 70.9 Å². The molecule has 0 spiro atoms. The van der Waals surface area contributed by atoms with Gasteiger partial charge in [0.15, 0.2) is 0 Å². The van der Waals surface area contributed by atoms with Crippen LogP contribution in [0.2, 0.25) is 5.02 Å². The highest BCUT2D eigenvalue weighted by Crippen LogP contribution is 2.40. The quantitative estimate of drug-likeness (QED) is 0.587. The van der Waals surface area contributed by atoms with Gasteiger partial charge >= 0.3 is 11.9 Å². The van der Waals surface area contributed by atoms with E-state index in [0.29, 0.717) is 22.0 Å². The van der Waals surface area contributed by atoms with Crippen molar-refractivity contribution < 1.29 is 24.2 Å². The number of carbonyl (C=O) groups is 2. The molecule has 3 rings (SSSR count). The highest BCUT2D eigenvalue weighted by Gasteiger charge is 2.41. The highest BCUT2D eigenvalue weighted by molar-refractivity contribution is 6.30. The highest BCUT2D eigenvalue weighted by atomic mass is 35.5. The van der Waals surface area contributed by atoms with Gasteiger partial charge in [-0.2, -0.15) is 0 Å². The normalized spacial score (nSPS) is 18.4. The van der Waals surface area contributed by atoms with Gasteiger partial charge in [0.25, 0.3) is 0 Å². The molecular weight excluding hydrogens is 430 g/mol. The lowest BCUT2D eigenvalue weighted by atomic mass is 9.75. The number of carboxylic acid groups (broad SMARTS) is 1. The minimum atomic E-state index is -1.06. The number of ether oxygens (including phenoxy) is 2. The van der Waals surface area contributed by atoms with E-state index in [4.69, 9.17) is 21.1 Å². The van der Waals surface area contributed by atoms with E-state index < -0.39 is 23.8 Å². The average Bonchev–Trinajstić information content (AvgIpc) is 2.76. The predicted octanol–water partition coefficient (Wildman–Crippen LogP) is 5.14. The first-order valence-corrected chi connectivity index (χ1v) is 10.4. The van der Waals surface area contributed by atoms with E-state index in [-0.39, 0.29) is 12.2 Å². The van der Waals surface area contributed by atoms with E-state index in [1.54, 1.807) is 51.3 Å². The number of hydrogen-bond acceptors (Lipinski definition) is 5. The van der Waals surface area contributed by atoms with Gasteiger partial charge < -0.3 is 14.6 Å². The summed E-state index contributed by atoms with van der Waals surface area (Å²) in [5, 5.41) is 10.3. The van der Waals surface area contributed by atoms with Crippen LogP contribution in [0.1, 0.15) is 30.9 Å². The number of esters is 1. The molecule has 2 aromatic carbocycles. The van der Waals surface area contributed by atoms with Crippen molar-refractivity contribution in [1.29, 1.82) is 0 Å². The smallest absolute Gasteiger partial charge is 0.336 e. The molecule has 0 aromatic heterocycles. The fourth-order valence-corrected chi connectivity index (χ4v) is 4.01. The molecule has 1 aliphatic rings. The molecule has 0 fully saturated rings. The summed E-state index contributed by atoms with van der Waals surface area (Å²) in [6, 6.07) is 14.3. The van der Waals surface area contributed by atoms with Crippen molar-refractivity contribution in [3.8, 4) is 5.75 Å². The van der Waals surface area contributed by atoms with Crippen molar-refractivity contribution in [2.24, 2.45) is 10.9 Å². The van der Waals surface area contributed by atoms with Gasteiger partial charge in [0.1, 0.15) is 18.3 Å². The van der Waals surface area contributed by atoms with Gasteiger partial charge in [-0.05, 0) is 55.3 Å². The number of halogens is 1. The van der Waals surface area contributed by atoms with E-state index in [1.165, 1.54) is 0 Å². The third-order valence-corrected chi connectivity index (χ3v) is 5.47. The Labute approximate surface area is 191 Å². The standard InChI is InChI=1S/C25H24ClNO5/c1-15-21(24(28)29)23(18-9-5-10-19(26)14-18)22(16(2)27-15)25(30)32-12-6-8-17-7-4-11-20(13-17)31-3/h4-11,13-14,21,23H,12H2,1-3H3,(H,28,29). The predicted molar refractivity (Wildman–Crippen MR) is 124 cm³/mol. The number of nitrogens with zero attached hydrogens (tertiary/aromatic N) is 1. The third kappa shape index (κ3) is 5.26. The summed E-state index contributed by atoms with van der Waals surface area (Å²) in [4.78, 5) is 29.4. The SMILES string of the molecule is COc1cccc(C=CCOC(=O)C2=C(C)N=C(C)C(C(=O)O)C2c2cccc(Cl)c2)c1. The third-order valence-electron chi connectivity index (χ3n) is 5.24. The minimum absolute atomic E-state index is 0.0233. The van der Waals surface area contributed by atoms with Crippen molar-refractivity contribution in [2.45, 2.75) is 19.8 Å². The lowest BCUT2D eigenvalue weighted by Crippen LogP contribution is -2.35. The van der Waals surface area contributed by atoms with Gasteiger partial charge in [0.05, 0.1) is 12.7 Å². The lowest BCUT2D eigenvalue weighted by molar-refractivity contribution is -0.140. The Morgan fingerprint density at radius 3 is 2.59 bits per heavy atom. The molecule has 166 valence electrons. The van der Waals surface area contributed by atoms with Crippen LogP contribution in [0.4, 0.5) is 0 Å². The molecule has 0 aliphatic carbocycles. The molecule has 1 N–H and O–H groups in total. The molecule has 1 aliphatic heterocycles. The van der Waals surface area contributed by atoms with Crippen molar-refractivity contribution in [2.75, 3.05) is 13.7 Å². The average molecular weight is 454 g/mol. The molecule has 0 radical (unpaired) electrons. The number of rotatable bonds is 7. The van der Waals surface area contributed by atoms with Crippen LogP contribution in [-0.2, 0) is 14.3 Å². The molecule has 2 atom stereocenters.